The van der Waals surface area contributed by atoms with E-state index in [9.17, 15) is 18.3 Å². The highest BCUT2D eigenvalue weighted by molar-refractivity contribution is 7.89. The first kappa shape index (κ1) is 27.3. The van der Waals surface area contributed by atoms with Crippen molar-refractivity contribution in [1.82, 2.24) is 14.2 Å². The number of pyridine rings is 1. The van der Waals surface area contributed by atoms with E-state index in [0.717, 1.165) is 5.56 Å². The maximum absolute atomic E-state index is 13.7. The quantitative estimate of drug-likeness (QED) is 0.506. The molecule has 0 fully saturated rings. The van der Waals surface area contributed by atoms with Crippen molar-refractivity contribution in [1.29, 1.82) is 0 Å². The predicted molar refractivity (Wildman–Crippen MR) is 144 cm³/mol. The normalized spacial score (nSPS) is 19.5. The molecule has 0 aliphatic carbocycles. The lowest BCUT2D eigenvalue weighted by molar-refractivity contribution is 0.0559. The number of sulfonamides is 1. The van der Waals surface area contributed by atoms with Crippen molar-refractivity contribution in [2.24, 2.45) is 5.92 Å². The maximum atomic E-state index is 13.7. The smallest absolute Gasteiger partial charge is 0.272 e. The monoisotopic (exact) mass is 533 g/mol. The molecule has 0 saturated carbocycles. The summed E-state index contributed by atoms with van der Waals surface area (Å²) in [5.41, 5.74) is 1.73. The second-order valence-corrected chi connectivity index (χ2v) is 11.3. The van der Waals surface area contributed by atoms with Gasteiger partial charge in [0.25, 0.3) is 5.91 Å². The Hall–Kier alpha value is -3.71. The van der Waals surface area contributed by atoms with Gasteiger partial charge >= 0.3 is 0 Å². The third kappa shape index (κ3) is 6.05. The molecule has 0 bridgehead atoms. The summed E-state index contributed by atoms with van der Waals surface area (Å²) in [6.07, 6.45) is 1.02. The summed E-state index contributed by atoms with van der Waals surface area (Å²) in [6, 6.07) is 18.7. The minimum atomic E-state index is -3.97. The van der Waals surface area contributed by atoms with E-state index in [-0.39, 0.29) is 42.2 Å². The van der Waals surface area contributed by atoms with E-state index in [1.807, 2.05) is 37.3 Å². The highest BCUT2D eigenvalue weighted by Crippen LogP contribution is 2.34. The molecule has 0 radical (unpaired) electrons. The van der Waals surface area contributed by atoms with Crippen molar-refractivity contribution in [3.63, 3.8) is 0 Å². The zero-order valence-corrected chi connectivity index (χ0v) is 22.4. The van der Waals surface area contributed by atoms with Gasteiger partial charge in [-0.05, 0) is 49.4 Å². The van der Waals surface area contributed by atoms with Gasteiger partial charge in [0.15, 0.2) is 0 Å². The van der Waals surface area contributed by atoms with Crippen molar-refractivity contribution in [2.75, 3.05) is 26.7 Å². The minimum absolute atomic E-state index is 0.00123. The highest BCUT2D eigenvalue weighted by Gasteiger charge is 2.38. The number of amides is 1. The topological polar surface area (TPSA) is 100 Å². The lowest BCUT2D eigenvalue weighted by Gasteiger charge is -2.37. The molecule has 0 saturated heterocycles. The zero-order chi connectivity index (χ0) is 27.3. The molecule has 198 valence electrons. The Morgan fingerprint density at radius 3 is 2.53 bits per heavy atom. The predicted octanol–water partition coefficient (Wildman–Crippen LogP) is 3.02. The van der Waals surface area contributed by atoms with Crippen LogP contribution >= 0.6 is 0 Å². The molecule has 3 aromatic rings. The lowest BCUT2D eigenvalue weighted by atomic mass is 10.0. The fourth-order valence-corrected chi connectivity index (χ4v) is 6.05. The third-order valence-electron chi connectivity index (χ3n) is 6.48. The number of nitrogens with zero attached hydrogens (tertiary/aromatic N) is 3. The van der Waals surface area contributed by atoms with Gasteiger partial charge in [0, 0.05) is 42.9 Å². The van der Waals surface area contributed by atoms with Crippen LogP contribution < -0.4 is 4.74 Å². The van der Waals surface area contributed by atoms with Gasteiger partial charge in [-0.25, -0.2) is 8.42 Å². The van der Waals surface area contributed by atoms with Crippen LogP contribution in [0.4, 0.5) is 0 Å². The van der Waals surface area contributed by atoms with Crippen molar-refractivity contribution in [2.45, 2.75) is 30.9 Å². The first-order valence-corrected chi connectivity index (χ1v) is 13.8. The fourth-order valence-electron chi connectivity index (χ4n) is 4.22. The van der Waals surface area contributed by atoms with Crippen LogP contribution in [0.2, 0.25) is 0 Å². The van der Waals surface area contributed by atoms with Gasteiger partial charge in [-0.3, -0.25) is 9.78 Å². The summed E-state index contributed by atoms with van der Waals surface area (Å²) < 4.78 is 35.0. The average molecular weight is 534 g/mol. The second-order valence-electron chi connectivity index (χ2n) is 9.42. The molecule has 4 rings (SSSR count). The van der Waals surface area contributed by atoms with Gasteiger partial charge in [-0.1, -0.05) is 43.0 Å². The molecule has 9 heteroatoms. The summed E-state index contributed by atoms with van der Waals surface area (Å²) in [5.74, 6) is 5.75. The van der Waals surface area contributed by atoms with Crippen LogP contribution in [0.25, 0.3) is 0 Å². The summed E-state index contributed by atoms with van der Waals surface area (Å²) in [5, 5.41) is 9.83. The van der Waals surface area contributed by atoms with Gasteiger partial charge in [-0.15, -0.1) is 0 Å². The van der Waals surface area contributed by atoms with Crippen LogP contribution in [-0.2, 0) is 10.0 Å². The van der Waals surface area contributed by atoms with Gasteiger partial charge in [-0.2, -0.15) is 4.31 Å². The number of rotatable bonds is 5. The lowest BCUT2D eigenvalue weighted by Crippen LogP contribution is -2.50. The number of hydrogen-bond acceptors (Lipinski definition) is 6. The van der Waals surface area contributed by atoms with E-state index in [0.29, 0.717) is 11.3 Å². The first-order chi connectivity index (χ1) is 18.2. The van der Waals surface area contributed by atoms with Crippen LogP contribution in [0, 0.1) is 17.8 Å². The molecule has 1 N–H and O–H groups in total. The number of aromatic nitrogens is 1. The number of fused-ring (bicyclic) bond motifs is 1. The van der Waals surface area contributed by atoms with Crippen LogP contribution in [0.5, 0.6) is 5.75 Å². The molecule has 0 spiro atoms. The number of hydrogen-bond donors (Lipinski definition) is 1. The SMILES string of the molecule is C[C@@H]1CN([C@@H](C)CO)S(=O)(=O)c2ccc(C#Cc3ccccc3)cc2O[C@H]1CN(C)C(=O)c1ccccn1. The van der Waals surface area contributed by atoms with E-state index < -0.39 is 22.2 Å². The number of likely N-dealkylation sites (N-methyl/N-ethyl adjacent to an activating group) is 1. The average Bonchev–Trinajstić information content (AvgIpc) is 2.93. The molecule has 3 atom stereocenters. The number of carbonyl (C=O) groups is 1. The van der Waals surface area contributed by atoms with E-state index in [2.05, 4.69) is 16.8 Å². The number of ether oxygens (including phenoxy) is 1. The number of benzene rings is 2. The summed E-state index contributed by atoms with van der Waals surface area (Å²) in [6.45, 7) is 3.54. The van der Waals surface area contributed by atoms with Gasteiger partial charge in [0.2, 0.25) is 10.0 Å². The molecule has 1 aliphatic rings. The Kier molecular flexibility index (Phi) is 8.47. The summed E-state index contributed by atoms with van der Waals surface area (Å²) in [4.78, 5) is 18.6. The third-order valence-corrected chi connectivity index (χ3v) is 8.50. The Morgan fingerprint density at radius 1 is 1.13 bits per heavy atom. The maximum Gasteiger partial charge on any atom is 0.272 e. The summed E-state index contributed by atoms with van der Waals surface area (Å²) in [7, 11) is -2.31. The van der Waals surface area contributed by atoms with Crippen molar-refractivity contribution in [3.05, 3.63) is 89.7 Å². The van der Waals surface area contributed by atoms with Crippen LogP contribution in [0.3, 0.4) is 0 Å². The van der Waals surface area contributed by atoms with Crippen molar-refractivity contribution in [3.8, 4) is 17.6 Å². The molecule has 1 aliphatic heterocycles. The fraction of sp³-hybridized carbons (Fsp3) is 0.310. The van der Waals surface area contributed by atoms with E-state index >= 15 is 0 Å². The minimum Gasteiger partial charge on any atom is -0.487 e. The molecule has 38 heavy (non-hydrogen) atoms. The Bertz CT molecular complexity index is 1440. The van der Waals surface area contributed by atoms with Gasteiger partial charge in [0.05, 0.1) is 13.2 Å². The molecule has 8 nitrogen and oxygen atoms in total. The van der Waals surface area contributed by atoms with Gasteiger partial charge in [0.1, 0.15) is 22.4 Å². The molecule has 1 amide bonds. The summed E-state index contributed by atoms with van der Waals surface area (Å²) >= 11 is 0. The Morgan fingerprint density at radius 2 is 1.84 bits per heavy atom. The molecular weight excluding hydrogens is 502 g/mol. The number of aliphatic hydroxyl groups is 1. The largest absolute Gasteiger partial charge is 0.487 e. The molecule has 0 unspecified atom stereocenters. The highest BCUT2D eigenvalue weighted by atomic mass is 32.2. The Balaban J connectivity index is 1.72. The van der Waals surface area contributed by atoms with Crippen LogP contribution in [0.15, 0.2) is 77.8 Å². The Labute approximate surface area is 223 Å². The first-order valence-electron chi connectivity index (χ1n) is 12.4. The second kappa shape index (κ2) is 11.8. The molecule has 2 heterocycles. The number of carbonyl (C=O) groups excluding carboxylic acids is 1. The molecular formula is C29H31N3O5S. The number of aliphatic hydroxyl groups excluding tert-OH is 1. The van der Waals surface area contributed by atoms with E-state index in [1.165, 1.54) is 15.3 Å². The van der Waals surface area contributed by atoms with Crippen molar-refractivity contribution < 1.29 is 23.1 Å². The standard InChI is InChI=1S/C29H31N3O5S/c1-21-18-32(22(2)20-33)38(35,36)28-15-14-24(13-12-23-9-5-4-6-10-23)17-26(28)37-27(21)19-31(3)29(34)25-11-7-8-16-30-25/h4-11,14-17,21-22,27,33H,18-20H2,1-3H3/t21-,22+,27+/m1/s1. The molecule has 1 aromatic heterocycles. The molecule has 2 aromatic carbocycles. The zero-order valence-electron chi connectivity index (χ0n) is 21.6. The van der Waals surface area contributed by atoms with Gasteiger partial charge < -0.3 is 14.7 Å². The van der Waals surface area contributed by atoms with Crippen LogP contribution in [-0.4, -0.2) is 72.5 Å². The van der Waals surface area contributed by atoms with Crippen LogP contribution in [0.1, 0.15) is 35.5 Å². The van der Waals surface area contributed by atoms with Crippen molar-refractivity contribution >= 4 is 15.9 Å². The van der Waals surface area contributed by atoms with E-state index in [1.54, 1.807) is 50.5 Å². The van der Waals surface area contributed by atoms with E-state index in [4.69, 9.17) is 4.74 Å².